The van der Waals surface area contributed by atoms with E-state index in [9.17, 15) is 24.0 Å². The van der Waals surface area contributed by atoms with Crippen molar-refractivity contribution in [3.8, 4) is 0 Å². The average Bonchev–Trinajstić information content (AvgIpc) is 3.07. The normalized spacial score (nSPS) is 12.8. The van der Waals surface area contributed by atoms with Crippen molar-refractivity contribution in [3.63, 3.8) is 0 Å². The lowest BCUT2D eigenvalue weighted by Crippen LogP contribution is -2.57. The minimum Gasteiger partial charge on any atom is -0.445 e. The van der Waals surface area contributed by atoms with E-state index < -0.39 is 47.7 Å². The average molecular weight is 659 g/mol. The third-order valence-electron chi connectivity index (χ3n) is 7.25. The van der Waals surface area contributed by atoms with Gasteiger partial charge < -0.3 is 20.7 Å². The minimum atomic E-state index is -1.25. The molecule has 0 fully saturated rings. The summed E-state index contributed by atoms with van der Waals surface area (Å²) >= 11 is 0. The van der Waals surface area contributed by atoms with Crippen LogP contribution in [0.4, 0.5) is 4.79 Å². The lowest BCUT2D eigenvalue weighted by atomic mass is 9.98. The Hall–Kier alpha value is -5.03. The molecule has 3 atom stereocenters. The second kappa shape index (κ2) is 19.6. The van der Waals surface area contributed by atoms with Crippen LogP contribution in [-0.2, 0) is 48.4 Å². The number of amides is 4. The second-order valence-corrected chi connectivity index (χ2v) is 12.4. The number of nitrogens with one attached hydrogen (secondary N) is 4. The van der Waals surface area contributed by atoms with Crippen molar-refractivity contribution in [2.45, 2.75) is 78.3 Å². The summed E-state index contributed by atoms with van der Waals surface area (Å²) < 4.78 is 5.32. The monoisotopic (exact) mass is 658 g/mol. The predicted molar refractivity (Wildman–Crippen MR) is 181 cm³/mol. The molecule has 11 nitrogen and oxygen atoms in total. The second-order valence-electron chi connectivity index (χ2n) is 12.4. The molecular weight excluding hydrogens is 612 g/mol. The molecule has 4 amide bonds. The highest BCUT2D eigenvalue weighted by molar-refractivity contribution is 6.38. The molecule has 0 unspecified atom stereocenters. The van der Waals surface area contributed by atoms with Gasteiger partial charge in [0.2, 0.25) is 17.6 Å². The Morgan fingerprint density at radius 3 is 1.50 bits per heavy atom. The zero-order valence-corrected chi connectivity index (χ0v) is 27.9. The summed E-state index contributed by atoms with van der Waals surface area (Å²) in [5.41, 5.74) is 4.48. The van der Waals surface area contributed by atoms with Gasteiger partial charge in [0.05, 0.1) is 6.61 Å². The van der Waals surface area contributed by atoms with Crippen LogP contribution in [-0.4, -0.2) is 47.7 Å². The van der Waals surface area contributed by atoms with Gasteiger partial charge in [0.25, 0.3) is 0 Å². The highest BCUT2D eigenvalue weighted by Gasteiger charge is 2.33. The molecule has 11 heteroatoms. The topological polar surface area (TPSA) is 152 Å². The summed E-state index contributed by atoms with van der Waals surface area (Å²) in [6, 6.07) is 23.9. The van der Waals surface area contributed by atoms with Crippen LogP contribution in [0.3, 0.4) is 0 Å². The fraction of sp³-hybridized carbons (Fsp3) is 0.378. The van der Waals surface area contributed by atoms with Crippen molar-refractivity contribution in [1.29, 1.82) is 0 Å². The summed E-state index contributed by atoms with van der Waals surface area (Å²) in [4.78, 5) is 71.4. The number of rotatable bonds is 18. The Bertz CT molecular complexity index is 1470. The highest BCUT2D eigenvalue weighted by atomic mass is 16.7. The van der Waals surface area contributed by atoms with Crippen LogP contribution in [0.2, 0.25) is 0 Å². The van der Waals surface area contributed by atoms with Crippen molar-refractivity contribution in [1.82, 2.24) is 21.4 Å². The summed E-state index contributed by atoms with van der Waals surface area (Å²) in [7, 11) is 0. The minimum absolute atomic E-state index is 0.0219. The van der Waals surface area contributed by atoms with Gasteiger partial charge in [0.15, 0.2) is 0 Å². The zero-order valence-electron chi connectivity index (χ0n) is 27.9. The molecule has 0 aliphatic carbocycles. The number of hydroxylamine groups is 1. The van der Waals surface area contributed by atoms with E-state index in [0.717, 1.165) is 11.1 Å². The van der Waals surface area contributed by atoms with Gasteiger partial charge in [-0.05, 0) is 41.4 Å². The third kappa shape index (κ3) is 13.4. The van der Waals surface area contributed by atoms with E-state index in [1.165, 1.54) is 0 Å². The van der Waals surface area contributed by atoms with Crippen LogP contribution in [0.1, 0.15) is 57.2 Å². The number of ketones is 1. The maximum atomic E-state index is 13.7. The molecule has 48 heavy (non-hydrogen) atoms. The van der Waals surface area contributed by atoms with E-state index in [2.05, 4.69) is 21.4 Å². The number of hydrogen-bond donors (Lipinski definition) is 4. The van der Waals surface area contributed by atoms with Crippen molar-refractivity contribution >= 4 is 29.6 Å². The van der Waals surface area contributed by atoms with E-state index in [4.69, 9.17) is 9.57 Å². The first-order chi connectivity index (χ1) is 23.0. The Morgan fingerprint density at radius 1 is 0.562 bits per heavy atom. The number of hydrogen-bond acceptors (Lipinski definition) is 7. The molecule has 0 bridgehead atoms. The van der Waals surface area contributed by atoms with Gasteiger partial charge in [0.1, 0.15) is 24.7 Å². The predicted octanol–water partition coefficient (Wildman–Crippen LogP) is 4.40. The fourth-order valence-corrected chi connectivity index (χ4v) is 4.88. The van der Waals surface area contributed by atoms with Crippen LogP contribution in [0.15, 0.2) is 91.0 Å². The summed E-state index contributed by atoms with van der Waals surface area (Å²) in [6.45, 7) is 7.67. The zero-order chi connectivity index (χ0) is 34.9. The van der Waals surface area contributed by atoms with Crippen LogP contribution >= 0.6 is 0 Å². The lowest BCUT2D eigenvalue weighted by Gasteiger charge is -2.26. The standard InChI is InChI=1S/C37H46N4O7/c1-25(2)20-31(39-35(44)32(21-26(3)4)40-37(46)47-23-28-16-10-6-11-17-28)34(43)38-30(22-27-14-8-5-9-15-27)33(42)36(45)41-48-24-29-18-12-7-13-19-29/h5-19,25-26,30-32H,20-24H2,1-4H3,(H,38,43)(H,39,44)(H,40,46)(H,41,45)/t30-,31-,32-/m0/s1. The van der Waals surface area contributed by atoms with E-state index in [1.807, 2.05) is 94.4 Å². The molecule has 0 radical (unpaired) electrons. The Morgan fingerprint density at radius 2 is 1.00 bits per heavy atom. The third-order valence-corrected chi connectivity index (χ3v) is 7.25. The first-order valence-electron chi connectivity index (χ1n) is 16.1. The largest absolute Gasteiger partial charge is 0.445 e. The lowest BCUT2D eigenvalue weighted by molar-refractivity contribution is -0.148. The Balaban J connectivity index is 1.71. The van der Waals surface area contributed by atoms with Crippen molar-refractivity contribution in [2.75, 3.05) is 0 Å². The summed E-state index contributed by atoms with van der Waals surface area (Å²) in [6.07, 6.45) is -0.201. The van der Waals surface area contributed by atoms with Gasteiger partial charge in [-0.3, -0.25) is 24.0 Å². The van der Waals surface area contributed by atoms with Crippen LogP contribution in [0.25, 0.3) is 0 Å². The maximum Gasteiger partial charge on any atom is 0.408 e. The number of carbonyl (C=O) groups excluding carboxylic acids is 5. The molecule has 0 aliphatic heterocycles. The van der Waals surface area contributed by atoms with Gasteiger partial charge in [0, 0.05) is 6.42 Å². The number of carbonyl (C=O) groups is 5. The molecule has 0 saturated carbocycles. The van der Waals surface area contributed by atoms with E-state index in [0.29, 0.717) is 12.0 Å². The molecule has 0 saturated heterocycles. The number of benzene rings is 3. The molecule has 0 aromatic heterocycles. The van der Waals surface area contributed by atoms with Gasteiger partial charge in [-0.1, -0.05) is 119 Å². The maximum absolute atomic E-state index is 13.7. The first kappa shape index (κ1) is 37.4. The van der Waals surface area contributed by atoms with Crippen molar-refractivity contribution in [2.24, 2.45) is 11.8 Å². The molecule has 4 N–H and O–H groups in total. The van der Waals surface area contributed by atoms with Gasteiger partial charge in [-0.15, -0.1) is 0 Å². The fourth-order valence-electron chi connectivity index (χ4n) is 4.88. The Kier molecular flexibility index (Phi) is 15.3. The van der Waals surface area contributed by atoms with Crippen LogP contribution in [0, 0.1) is 11.8 Å². The summed E-state index contributed by atoms with van der Waals surface area (Å²) in [5, 5.41) is 8.09. The molecule has 3 aromatic carbocycles. The molecule has 0 aliphatic rings. The van der Waals surface area contributed by atoms with Crippen LogP contribution < -0.4 is 21.4 Å². The highest BCUT2D eigenvalue weighted by Crippen LogP contribution is 2.12. The van der Waals surface area contributed by atoms with Gasteiger partial charge in [-0.25, -0.2) is 10.3 Å². The van der Waals surface area contributed by atoms with E-state index in [1.54, 1.807) is 24.3 Å². The molecule has 0 spiro atoms. The van der Waals surface area contributed by atoms with Crippen molar-refractivity contribution < 1.29 is 33.5 Å². The summed E-state index contributed by atoms with van der Waals surface area (Å²) in [5.74, 6) is -3.13. The molecule has 256 valence electrons. The van der Waals surface area contributed by atoms with E-state index >= 15 is 0 Å². The Labute approximate surface area is 282 Å². The SMILES string of the molecule is CC(C)C[C@H](NC(=O)OCc1ccccc1)C(=O)N[C@@H](CC(C)C)C(=O)N[C@@H](Cc1ccccc1)C(=O)C(=O)NOCc1ccccc1. The molecule has 3 rings (SSSR count). The quantitative estimate of drug-likeness (QED) is 0.117. The molecular formula is C37H46N4O7. The number of Topliss-reactive ketones (excluding diaryl/α,β-unsaturated/α-hetero) is 1. The van der Waals surface area contributed by atoms with Gasteiger partial charge >= 0.3 is 12.0 Å². The first-order valence-corrected chi connectivity index (χ1v) is 16.1. The van der Waals surface area contributed by atoms with Gasteiger partial charge in [-0.2, -0.15) is 0 Å². The van der Waals surface area contributed by atoms with Crippen LogP contribution in [0.5, 0.6) is 0 Å². The molecule has 0 heterocycles. The molecule has 3 aromatic rings. The number of ether oxygens (including phenoxy) is 1. The number of alkyl carbamates (subject to hydrolysis) is 1. The van der Waals surface area contributed by atoms with E-state index in [-0.39, 0.29) is 37.9 Å². The van der Waals surface area contributed by atoms with Crippen molar-refractivity contribution in [3.05, 3.63) is 108 Å². The smallest absolute Gasteiger partial charge is 0.408 e.